The third-order valence-corrected chi connectivity index (χ3v) is 4.19. The van der Waals surface area contributed by atoms with Crippen molar-refractivity contribution in [1.82, 2.24) is 0 Å². The van der Waals surface area contributed by atoms with Crippen LogP contribution in [0.25, 0.3) is 0 Å². The van der Waals surface area contributed by atoms with Gasteiger partial charge in [0.2, 0.25) is 0 Å². The van der Waals surface area contributed by atoms with Crippen LogP contribution in [0.1, 0.15) is 20.7 Å². The van der Waals surface area contributed by atoms with E-state index in [-0.39, 0.29) is 26.9 Å². The van der Waals surface area contributed by atoms with E-state index in [1.165, 1.54) is 39.5 Å². The molecule has 0 aromatic heterocycles. The first kappa shape index (κ1) is 18.9. The smallest absolute Gasteiger partial charge is 0.340 e. The molecule has 0 unspecified atom stereocenters. The quantitative estimate of drug-likeness (QED) is 0.788. The zero-order valence-corrected chi connectivity index (χ0v) is 15.2. The fourth-order valence-electron chi connectivity index (χ4n) is 2.13. The summed E-state index contributed by atoms with van der Waals surface area (Å²) in [6.07, 6.45) is 0. The van der Waals surface area contributed by atoms with E-state index in [0.29, 0.717) is 11.5 Å². The predicted octanol–water partition coefficient (Wildman–Crippen LogP) is 4.05. The van der Waals surface area contributed by atoms with Crippen LogP contribution in [-0.4, -0.2) is 33.2 Å². The lowest BCUT2D eigenvalue weighted by molar-refractivity contribution is 0.0601. The number of rotatable bonds is 5. The normalized spacial score (nSPS) is 10.1. The average Bonchev–Trinajstić information content (AvgIpc) is 2.62. The molecule has 0 radical (unpaired) electrons. The Labute approximate surface area is 154 Å². The Morgan fingerprint density at radius 2 is 1.60 bits per heavy atom. The highest BCUT2D eigenvalue weighted by molar-refractivity contribution is 6.44. The largest absolute Gasteiger partial charge is 0.493 e. The SMILES string of the molecule is COC(=O)c1cc(OC)c(OC)cc1NC(=O)c1cccc(Cl)c1Cl. The van der Waals surface area contributed by atoms with Gasteiger partial charge in [-0.1, -0.05) is 29.3 Å². The van der Waals surface area contributed by atoms with Gasteiger partial charge in [-0.25, -0.2) is 4.79 Å². The van der Waals surface area contributed by atoms with Crippen molar-refractivity contribution in [2.24, 2.45) is 0 Å². The molecule has 0 saturated carbocycles. The lowest BCUT2D eigenvalue weighted by Gasteiger charge is -2.15. The number of ether oxygens (including phenoxy) is 3. The van der Waals surface area contributed by atoms with Crippen molar-refractivity contribution in [3.8, 4) is 11.5 Å². The number of carbonyl (C=O) groups excluding carboxylic acids is 2. The van der Waals surface area contributed by atoms with Crippen LogP contribution in [0.4, 0.5) is 5.69 Å². The molecule has 0 atom stereocenters. The fraction of sp³-hybridized carbons (Fsp3) is 0.176. The van der Waals surface area contributed by atoms with Gasteiger partial charge in [0.25, 0.3) is 5.91 Å². The van der Waals surface area contributed by atoms with Gasteiger partial charge in [0.05, 0.1) is 48.2 Å². The third-order valence-electron chi connectivity index (χ3n) is 3.37. The Balaban J connectivity index is 2.48. The Bertz CT molecular complexity index is 823. The molecule has 0 fully saturated rings. The van der Waals surface area contributed by atoms with E-state index in [1.807, 2.05) is 0 Å². The maximum absolute atomic E-state index is 12.5. The summed E-state index contributed by atoms with van der Waals surface area (Å²) in [4.78, 5) is 24.6. The van der Waals surface area contributed by atoms with Gasteiger partial charge in [0.1, 0.15) is 0 Å². The molecule has 1 amide bonds. The number of esters is 1. The second-order valence-corrected chi connectivity index (χ2v) is 5.59. The zero-order chi connectivity index (χ0) is 18.6. The standard InChI is InChI=1S/C17H15Cl2NO5/c1-23-13-7-10(17(22)25-3)12(8-14(13)24-2)20-16(21)9-5-4-6-11(18)15(9)19/h4-8H,1-3H3,(H,20,21). The molecule has 0 heterocycles. The van der Waals surface area contributed by atoms with Gasteiger partial charge in [-0.05, 0) is 12.1 Å². The molecule has 132 valence electrons. The maximum atomic E-state index is 12.5. The predicted molar refractivity (Wildman–Crippen MR) is 95.3 cm³/mol. The van der Waals surface area contributed by atoms with Gasteiger partial charge in [-0.15, -0.1) is 0 Å². The first-order valence-electron chi connectivity index (χ1n) is 7.02. The van der Waals surface area contributed by atoms with Crippen LogP contribution in [0.5, 0.6) is 11.5 Å². The van der Waals surface area contributed by atoms with Crippen molar-refractivity contribution < 1.29 is 23.8 Å². The van der Waals surface area contributed by atoms with Gasteiger partial charge in [-0.2, -0.15) is 0 Å². The van der Waals surface area contributed by atoms with Crippen LogP contribution in [0.3, 0.4) is 0 Å². The minimum atomic E-state index is -0.645. The number of nitrogens with one attached hydrogen (secondary N) is 1. The van der Waals surface area contributed by atoms with Gasteiger partial charge >= 0.3 is 5.97 Å². The minimum absolute atomic E-state index is 0.103. The van der Waals surface area contributed by atoms with Crippen LogP contribution >= 0.6 is 23.2 Å². The average molecular weight is 384 g/mol. The van der Waals surface area contributed by atoms with Crippen LogP contribution in [-0.2, 0) is 4.74 Å². The second-order valence-electron chi connectivity index (χ2n) is 4.80. The maximum Gasteiger partial charge on any atom is 0.340 e. The second kappa shape index (κ2) is 8.09. The lowest BCUT2D eigenvalue weighted by atomic mass is 10.1. The topological polar surface area (TPSA) is 73.9 Å². The van der Waals surface area contributed by atoms with Crippen molar-refractivity contribution in [3.05, 3.63) is 51.5 Å². The minimum Gasteiger partial charge on any atom is -0.493 e. The Morgan fingerprint density at radius 1 is 0.960 bits per heavy atom. The molecule has 25 heavy (non-hydrogen) atoms. The molecule has 1 N–H and O–H groups in total. The number of benzene rings is 2. The molecule has 0 aliphatic carbocycles. The molecule has 0 aliphatic heterocycles. The Kier molecular flexibility index (Phi) is 6.12. The summed E-state index contributed by atoms with van der Waals surface area (Å²) in [6, 6.07) is 7.55. The van der Waals surface area contributed by atoms with Crippen LogP contribution in [0.2, 0.25) is 10.0 Å². The van der Waals surface area contributed by atoms with Gasteiger partial charge in [-0.3, -0.25) is 4.79 Å². The first-order valence-corrected chi connectivity index (χ1v) is 7.78. The summed E-state index contributed by atoms with van der Waals surface area (Å²) in [5.41, 5.74) is 0.456. The molecule has 6 nitrogen and oxygen atoms in total. The number of amides is 1. The molecule has 0 saturated heterocycles. The van der Waals surface area contributed by atoms with E-state index in [9.17, 15) is 9.59 Å². The van der Waals surface area contributed by atoms with E-state index in [0.717, 1.165) is 0 Å². The van der Waals surface area contributed by atoms with E-state index in [4.69, 9.17) is 37.4 Å². The molecule has 0 aliphatic rings. The van der Waals surface area contributed by atoms with Gasteiger partial charge in [0.15, 0.2) is 11.5 Å². The van der Waals surface area contributed by atoms with E-state index in [2.05, 4.69) is 5.32 Å². The monoisotopic (exact) mass is 383 g/mol. The summed E-state index contributed by atoms with van der Waals surface area (Å²) in [6.45, 7) is 0. The molecule has 8 heteroatoms. The number of carbonyl (C=O) groups is 2. The zero-order valence-electron chi connectivity index (χ0n) is 13.7. The van der Waals surface area contributed by atoms with E-state index in [1.54, 1.807) is 12.1 Å². The fourth-order valence-corrected chi connectivity index (χ4v) is 2.52. The molecular formula is C17H15Cl2NO5. The Morgan fingerprint density at radius 3 is 2.20 bits per heavy atom. The van der Waals surface area contributed by atoms with Crippen molar-refractivity contribution in [1.29, 1.82) is 0 Å². The lowest BCUT2D eigenvalue weighted by Crippen LogP contribution is -2.16. The van der Waals surface area contributed by atoms with Crippen LogP contribution in [0, 0.1) is 0 Å². The Hall–Kier alpha value is -2.44. The van der Waals surface area contributed by atoms with Crippen molar-refractivity contribution >= 4 is 40.8 Å². The van der Waals surface area contributed by atoms with Gasteiger partial charge < -0.3 is 19.5 Å². The molecule has 2 aromatic carbocycles. The number of anilines is 1. The van der Waals surface area contributed by atoms with Crippen molar-refractivity contribution in [3.63, 3.8) is 0 Å². The molecule has 2 aromatic rings. The number of hydrogen-bond acceptors (Lipinski definition) is 5. The number of methoxy groups -OCH3 is 3. The highest BCUT2D eigenvalue weighted by Crippen LogP contribution is 2.34. The van der Waals surface area contributed by atoms with E-state index < -0.39 is 11.9 Å². The van der Waals surface area contributed by atoms with E-state index >= 15 is 0 Å². The van der Waals surface area contributed by atoms with Crippen molar-refractivity contribution in [2.45, 2.75) is 0 Å². The third kappa shape index (κ3) is 3.97. The number of hydrogen-bond donors (Lipinski definition) is 1. The summed E-state index contributed by atoms with van der Waals surface area (Å²) in [5.74, 6) is -0.525. The van der Waals surface area contributed by atoms with Crippen LogP contribution in [0.15, 0.2) is 30.3 Å². The molecule has 0 spiro atoms. The van der Waals surface area contributed by atoms with Gasteiger partial charge in [0, 0.05) is 12.1 Å². The molecule has 2 rings (SSSR count). The summed E-state index contributed by atoms with van der Waals surface area (Å²) < 4.78 is 15.1. The summed E-state index contributed by atoms with van der Waals surface area (Å²) in [5, 5.41) is 2.98. The van der Waals surface area contributed by atoms with Crippen molar-refractivity contribution in [2.75, 3.05) is 26.6 Å². The summed E-state index contributed by atoms with van der Waals surface area (Å²) >= 11 is 12.0. The highest BCUT2D eigenvalue weighted by Gasteiger charge is 2.21. The first-order chi connectivity index (χ1) is 11.9. The summed E-state index contributed by atoms with van der Waals surface area (Å²) in [7, 11) is 4.11. The van der Waals surface area contributed by atoms with Crippen LogP contribution < -0.4 is 14.8 Å². The molecular weight excluding hydrogens is 369 g/mol. The molecule has 0 bridgehead atoms. The number of halogens is 2. The highest BCUT2D eigenvalue weighted by atomic mass is 35.5.